The van der Waals surface area contributed by atoms with Gasteiger partial charge in [-0.2, -0.15) is 0 Å². The van der Waals surface area contributed by atoms with Crippen LogP contribution < -0.4 is 10.5 Å². The first-order valence-corrected chi connectivity index (χ1v) is 8.04. The zero-order chi connectivity index (χ0) is 14.4. The molecule has 0 atom stereocenters. The van der Waals surface area contributed by atoms with Crippen molar-refractivity contribution < 1.29 is 13.3 Å². The van der Waals surface area contributed by atoms with Crippen molar-refractivity contribution in [1.82, 2.24) is 0 Å². The van der Waals surface area contributed by atoms with E-state index in [1.54, 1.807) is 21.3 Å². The van der Waals surface area contributed by atoms with Crippen molar-refractivity contribution in [3.05, 3.63) is 54.6 Å². The van der Waals surface area contributed by atoms with Crippen molar-refractivity contribution in [2.24, 2.45) is 0 Å². The molecule has 0 fully saturated rings. The van der Waals surface area contributed by atoms with Crippen LogP contribution in [0.3, 0.4) is 0 Å². The van der Waals surface area contributed by atoms with Crippen molar-refractivity contribution in [2.75, 3.05) is 26.6 Å². The molecule has 0 bridgehead atoms. The maximum atomic E-state index is 5.49. The Balaban J connectivity index is 2.28. The van der Waals surface area contributed by atoms with Crippen LogP contribution in [0.15, 0.2) is 54.6 Å². The Morgan fingerprint density at radius 3 is 1.95 bits per heavy atom. The molecule has 1 N–H and O–H groups in total. The van der Waals surface area contributed by atoms with Crippen molar-refractivity contribution in [2.45, 2.75) is 0 Å². The van der Waals surface area contributed by atoms with Gasteiger partial charge in [-0.1, -0.05) is 30.3 Å². The molecule has 0 unspecified atom stereocenters. The van der Waals surface area contributed by atoms with Crippen molar-refractivity contribution in [3.63, 3.8) is 0 Å². The second kappa shape index (κ2) is 6.67. The van der Waals surface area contributed by atoms with Crippen molar-refractivity contribution >= 4 is 25.4 Å². The predicted molar refractivity (Wildman–Crippen MR) is 82.6 cm³/mol. The molecule has 2 aromatic rings. The van der Waals surface area contributed by atoms with Gasteiger partial charge >= 0.3 is 8.80 Å². The Morgan fingerprint density at radius 1 is 0.750 bits per heavy atom. The lowest BCUT2D eigenvalue weighted by Gasteiger charge is -2.25. The lowest BCUT2D eigenvalue weighted by molar-refractivity contribution is 0.140. The van der Waals surface area contributed by atoms with Crippen LogP contribution in [0.2, 0.25) is 0 Å². The largest absolute Gasteiger partial charge is 0.536 e. The average Bonchev–Trinajstić information content (AvgIpc) is 2.51. The highest BCUT2D eigenvalue weighted by molar-refractivity contribution is 6.75. The molecule has 0 heterocycles. The van der Waals surface area contributed by atoms with E-state index in [2.05, 4.69) is 5.32 Å². The zero-order valence-corrected chi connectivity index (χ0v) is 12.9. The van der Waals surface area contributed by atoms with E-state index in [1.165, 1.54) is 0 Å². The van der Waals surface area contributed by atoms with E-state index in [-0.39, 0.29) is 0 Å². The molecule has 0 spiro atoms. The fraction of sp³-hybridized carbons (Fsp3) is 0.200. The second-order valence-electron chi connectivity index (χ2n) is 4.24. The monoisotopic (exact) mass is 289 g/mol. The van der Waals surface area contributed by atoms with Gasteiger partial charge in [-0.15, -0.1) is 0 Å². The third-order valence-electron chi connectivity index (χ3n) is 3.08. The number of hydrogen-bond donors (Lipinski definition) is 1. The SMILES string of the molecule is CO[Si](OC)(OC)c1cccc(Nc2ccccc2)c1. The summed E-state index contributed by atoms with van der Waals surface area (Å²) in [6.07, 6.45) is 0. The van der Waals surface area contributed by atoms with Gasteiger partial charge in [0.2, 0.25) is 0 Å². The quantitative estimate of drug-likeness (QED) is 0.830. The van der Waals surface area contributed by atoms with Crippen molar-refractivity contribution in [3.8, 4) is 0 Å². The fourth-order valence-electron chi connectivity index (χ4n) is 2.08. The van der Waals surface area contributed by atoms with E-state index >= 15 is 0 Å². The normalized spacial score (nSPS) is 11.3. The molecule has 2 aromatic carbocycles. The third kappa shape index (κ3) is 3.08. The number of hydrogen-bond acceptors (Lipinski definition) is 4. The lowest BCUT2D eigenvalue weighted by Crippen LogP contribution is -2.54. The van der Waals surface area contributed by atoms with Gasteiger partial charge < -0.3 is 18.6 Å². The summed E-state index contributed by atoms with van der Waals surface area (Å²) in [5.41, 5.74) is 2.00. The van der Waals surface area contributed by atoms with Gasteiger partial charge in [-0.3, -0.25) is 0 Å². The maximum absolute atomic E-state index is 5.49. The highest BCUT2D eigenvalue weighted by atomic mass is 28.4. The van der Waals surface area contributed by atoms with Gasteiger partial charge in [0.15, 0.2) is 0 Å². The summed E-state index contributed by atoms with van der Waals surface area (Å²) in [5.74, 6) is 0. The summed E-state index contributed by atoms with van der Waals surface area (Å²) in [7, 11) is 2.04. The summed E-state index contributed by atoms with van der Waals surface area (Å²) in [4.78, 5) is 0. The molecule has 0 radical (unpaired) electrons. The summed E-state index contributed by atoms with van der Waals surface area (Å²) >= 11 is 0. The van der Waals surface area contributed by atoms with Crippen LogP contribution in [-0.4, -0.2) is 30.1 Å². The standard InChI is InChI=1S/C15H19NO3Si/c1-17-20(18-2,19-3)15-11-7-10-14(12-15)16-13-8-5-4-6-9-13/h4-12,16H,1-3H3. The molecule has 0 saturated heterocycles. The minimum Gasteiger partial charge on any atom is -0.373 e. The van der Waals surface area contributed by atoms with Gasteiger partial charge in [-0.25, -0.2) is 0 Å². The topological polar surface area (TPSA) is 39.7 Å². The molecule has 2 rings (SSSR count). The molecule has 0 amide bonds. The number of benzene rings is 2. The lowest BCUT2D eigenvalue weighted by atomic mass is 10.3. The highest BCUT2D eigenvalue weighted by Crippen LogP contribution is 2.16. The van der Waals surface area contributed by atoms with Gasteiger partial charge in [0.05, 0.1) is 0 Å². The molecule has 0 saturated carbocycles. The van der Waals surface area contributed by atoms with E-state index in [1.807, 2.05) is 54.6 Å². The van der Waals surface area contributed by atoms with E-state index in [4.69, 9.17) is 13.3 Å². The van der Waals surface area contributed by atoms with Crippen LogP contribution in [-0.2, 0) is 13.3 Å². The summed E-state index contributed by atoms with van der Waals surface area (Å²) in [6, 6.07) is 17.9. The molecule has 106 valence electrons. The van der Waals surface area contributed by atoms with E-state index in [9.17, 15) is 0 Å². The van der Waals surface area contributed by atoms with Crippen LogP contribution in [0, 0.1) is 0 Å². The van der Waals surface area contributed by atoms with Gasteiger partial charge in [0, 0.05) is 37.9 Å². The fourth-order valence-corrected chi connectivity index (χ4v) is 3.92. The van der Waals surface area contributed by atoms with E-state index in [0.29, 0.717) is 0 Å². The maximum Gasteiger partial charge on any atom is 0.536 e. The average molecular weight is 289 g/mol. The number of anilines is 2. The first-order chi connectivity index (χ1) is 9.74. The van der Waals surface area contributed by atoms with Crippen LogP contribution in [0.5, 0.6) is 0 Å². The molecule has 0 aromatic heterocycles. The zero-order valence-electron chi connectivity index (χ0n) is 11.9. The minimum absolute atomic E-state index is 0.922. The molecule has 0 aliphatic heterocycles. The number of para-hydroxylation sites is 1. The van der Waals surface area contributed by atoms with Crippen LogP contribution >= 0.6 is 0 Å². The molecular weight excluding hydrogens is 270 g/mol. The smallest absolute Gasteiger partial charge is 0.373 e. The molecule has 0 aliphatic rings. The first-order valence-electron chi connectivity index (χ1n) is 6.32. The number of rotatable bonds is 6. The Morgan fingerprint density at radius 2 is 1.35 bits per heavy atom. The van der Waals surface area contributed by atoms with E-state index in [0.717, 1.165) is 16.6 Å². The van der Waals surface area contributed by atoms with E-state index < -0.39 is 8.80 Å². The van der Waals surface area contributed by atoms with Gasteiger partial charge in [-0.05, 0) is 24.3 Å². The first kappa shape index (κ1) is 14.7. The molecular formula is C15H19NO3Si. The predicted octanol–water partition coefficient (Wildman–Crippen LogP) is 2.52. The third-order valence-corrected chi connectivity index (χ3v) is 5.72. The Hall–Kier alpha value is -1.66. The Bertz CT molecular complexity index is 536. The van der Waals surface area contributed by atoms with Crippen molar-refractivity contribution in [1.29, 1.82) is 0 Å². The van der Waals surface area contributed by atoms with Gasteiger partial charge in [0.1, 0.15) is 0 Å². The number of nitrogens with one attached hydrogen (secondary N) is 1. The minimum atomic E-state index is -2.78. The Labute approximate surface area is 120 Å². The summed E-state index contributed by atoms with van der Waals surface area (Å²) in [5, 5.41) is 4.27. The molecule has 4 nitrogen and oxygen atoms in total. The van der Waals surface area contributed by atoms with Crippen LogP contribution in [0.4, 0.5) is 11.4 Å². The molecule has 5 heteroatoms. The molecule has 0 aliphatic carbocycles. The summed E-state index contributed by atoms with van der Waals surface area (Å²) in [6.45, 7) is 0. The second-order valence-corrected chi connectivity index (χ2v) is 7.15. The van der Waals surface area contributed by atoms with Crippen LogP contribution in [0.25, 0.3) is 0 Å². The molecule has 20 heavy (non-hydrogen) atoms. The van der Waals surface area contributed by atoms with Gasteiger partial charge in [0.25, 0.3) is 0 Å². The highest BCUT2D eigenvalue weighted by Gasteiger charge is 2.40. The van der Waals surface area contributed by atoms with Crippen LogP contribution in [0.1, 0.15) is 0 Å². The summed E-state index contributed by atoms with van der Waals surface area (Å²) < 4.78 is 16.5. The Kier molecular flexibility index (Phi) is 4.92.